The number of likely N-dealkylation sites (tertiary alicyclic amines) is 2. The highest BCUT2D eigenvalue weighted by Crippen LogP contribution is 2.28. The lowest BCUT2D eigenvalue weighted by atomic mass is 9.89. The van der Waals surface area contributed by atoms with Gasteiger partial charge in [0, 0.05) is 13.1 Å². The lowest BCUT2D eigenvalue weighted by molar-refractivity contribution is -0.136. The maximum Gasteiger partial charge on any atom is 0.236 e. The van der Waals surface area contributed by atoms with Crippen LogP contribution in [0, 0.1) is 6.92 Å². The molecule has 0 radical (unpaired) electrons. The largest absolute Gasteiger partial charge is 0.390 e. The second kappa shape index (κ2) is 7.24. The van der Waals surface area contributed by atoms with Gasteiger partial charge in [-0.25, -0.2) is 0 Å². The molecule has 24 heavy (non-hydrogen) atoms. The van der Waals surface area contributed by atoms with Gasteiger partial charge in [0.2, 0.25) is 5.91 Å². The van der Waals surface area contributed by atoms with Crippen LogP contribution in [0.5, 0.6) is 0 Å². The smallest absolute Gasteiger partial charge is 0.236 e. The summed E-state index contributed by atoms with van der Waals surface area (Å²) in [4.78, 5) is 16.7. The van der Waals surface area contributed by atoms with Gasteiger partial charge in [-0.05, 0) is 64.1 Å². The van der Waals surface area contributed by atoms with E-state index in [1.807, 2.05) is 11.8 Å². The molecule has 4 nitrogen and oxygen atoms in total. The maximum absolute atomic E-state index is 12.5. The number of nitrogens with zero attached hydrogens (tertiary/aromatic N) is 2. The number of piperidine rings is 2. The highest BCUT2D eigenvalue weighted by molar-refractivity contribution is 5.78. The first-order valence-corrected chi connectivity index (χ1v) is 9.22. The van der Waals surface area contributed by atoms with Crippen LogP contribution in [0.3, 0.4) is 0 Å². The lowest BCUT2D eigenvalue weighted by Gasteiger charge is -2.38. The van der Waals surface area contributed by atoms with Crippen LogP contribution in [-0.2, 0) is 4.79 Å². The van der Waals surface area contributed by atoms with E-state index in [1.165, 1.54) is 11.1 Å². The van der Waals surface area contributed by atoms with E-state index >= 15 is 0 Å². The van der Waals surface area contributed by atoms with E-state index in [0.717, 1.165) is 25.9 Å². The number of amides is 1. The fraction of sp³-hybridized carbons (Fsp3) is 0.650. The van der Waals surface area contributed by atoms with Gasteiger partial charge in [0.15, 0.2) is 0 Å². The van der Waals surface area contributed by atoms with Crippen LogP contribution >= 0.6 is 0 Å². The first kappa shape index (κ1) is 17.4. The first-order valence-electron chi connectivity index (χ1n) is 9.22. The van der Waals surface area contributed by atoms with Crippen LogP contribution in [-0.4, -0.2) is 59.1 Å². The molecule has 0 bridgehead atoms. The fourth-order valence-corrected chi connectivity index (χ4v) is 3.79. The molecule has 1 N–H and O–H groups in total. The minimum absolute atomic E-state index is 0.222. The number of aryl methyl sites for hydroxylation is 1. The van der Waals surface area contributed by atoms with Gasteiger partial charge in [-0.3, -0.25) is 9.69 Å². The molecule has 2 aliphatic rings. The normalized spacial score (nSPS) is 22.5. The Labute approximate surface area is 145 Å². The van der Waals surface area contributed by atoms with E-state index in [9.17, 15) is 9.90 Å². The minimum Gasteiger partial charge on any atom is -0.390 e. The van der Waals surface area contributed by atoms with Crippen LogP contribution in [0.1, 0.15) is 49.7 Å². The zero-order valence-corrected chi connectivity index (χ0v) is 15.0. The molecule has 3 rings (SSSR count). The van der Waals surface area contributed by atoms with Gasteiger partial charge in [-0.1, -0.05) is 29.8 Å². The van der Waals surface area contributed by atoms with Crippen LogP contribution in [0.25, 0.3) is 0 Å². The molecule has 0 unspecified atom stereocenters. The van der Waals surface area contributed by atoms with Gasteiger partial charge >= 0.3 is 0 Å². The Morgan fingerprint density at radius 1 is 1.12 bits per heavy atom. The highest BCUT2D eigenvalue weighted by Gasteiger charge is 2.30. The molecule has 0 spiro atoms. The number of benzene rings is 1. The molecule has 0 atom stereocenters. The van der Waals surface area contributed by atoms with E-state index in [4.69, 9.17) is 0 Å². The summed E-state index contributed by atoms with van der Waals surface area (Å²) in [5.41, 5.74) is 2.15. The summed E-state index contributed by atoms with van der Waals surface area (Å²) < 4.78 is 0. The quantitative estimate of drug-likeness (QED) is 0.926. The van der Waals surface area contributed by atoms with Crippen molar-refractivity contribution in [2.45, 2.75) is 51.0 Å². The Hall–Kier alpha value is -1.39. The van der Waals surface area contributed by atoms with Crippen molar-refractivity contribution in [2.75, 3.05) is 32.7 Å². The zero-order valence-electron chi connectivity index (χ0n) is 15.0. The molecule has 2 saturated heterocycles. The number of carbonyl (C=O) groups is 1. The Morgan fingerprint density at radius 3 is 2.29 bits per heavy atom. The van der Waals surface area contributed by atoms with Crippen LogP contribution in [0.15, 0.2) is 24.3 Å². The standard InChI is InChI=1S/C20H30N2O2/c1-16-3-5-17(6-4-16)18-7-11-21(12-8-18)15-19(23)22-13-9-20(2,24)10-14-22/h3-6,18,24H,7-15H2,1-2H3. The number of hydrogen-bond acceptors (Lipinski definition) is 3. The average Bonchev–Trinajstić information content (AvgIpc) is 2.56. The molecule has 1 aromatic rings. The fourth-order valence-electron chi connectivity index (χ4n) is 3.79. The summed E-state index contributed by atoms with van der Waals surface area (Å²) in [6.45, 7) is 7.88. The van der Waals surface area contributed by atoms with Crippen molar-refractivity contribution in [1.82, 2.24) is 9.80 Å². The molecule has 4 heteroatoms. The zero-order chi connectivity index (χ0) is 17.2. The van der Waals surface area contributed by atoms with E-state index < -0.39 is 5.60 Å². The maximum atomic E-state index is 12.5. The summed E-state index contributed by atoms with van der Waals surface area (Å²) in [5, 5.41) is 10.0. The predicted molar refractivity (Wildman–Crippen MR) is 96.0 cm³/mol. The Morgan fingerprint density at radius 2 is 1.71 bits per heavy atom. The van der Waals surface area contributed by atoms with Crippen LogP contribution < -0.4 is 0 Å². The molecule has 132 valence electrons. The van der Waals surface area contributed by atoms with Crippen LogP contribution in [0.4, 0.5) is 0 Å². The Balaban J connectivity index is 1.45. The minimum atomic E-state index is -0.594. The van der Waals surface area contributed by atoms with Gasteiger partial charge in [-0.2, -0.15) is 0 Å². The molecular formula is C20H30N2O2. The monoisotopic (exact) mass is 330 g/mol. The molecule has 2 fully saturated rings. The van der Waals surface area contributed by atoms with Gasteiger partial charge < -0.3 is 10.0 Å². The molecule has 0 aromatic heterocycles. The molecule has 1 amide bonds. The summed E-state index contributed by atoms with van der Waals surface area (Å²) in [6.07, 6.45) is 3.64. The second-order valence-electron chi connectivity index (χ2n) is 7.84. The van der Waals surface area contributed by atoms with Gasteiger partial charge in [0.1, 0.15) is 0 Å². The lowest BCUT2D eigenvalue weighted by Crippen LogP contribution is -2.49. The van der Waals surface area contributed by atoms with Crippen LogP contribution in [0.2, 0.25) is 0 Å². The average molecular weight is 330 g/mol. The summed E-state index contributed by atoms with van der Waals surface area (Å²) in [6, 6.07) is 8.88. The van der Waals surface area contributed by atoms with E-state index in [-0.39, 0.29) is 5.91 Å². The molecule has 0 aliphatic carbocycles. The topological polar surface area (TPSA) is 43.8 Å². The van der Waals surface area contributed by atoms with Gasteiger partial charge in [0.25, 0.3) is 0 Å². The number of carbonyl (C=O) groups excluding carboxylic acids is 1. The van der Waals surface area contributed by atoms with Crippen molar-refractivity contribution >= 4 is 5.91 Å². The molecule has 1 aromatic carbocycles. The second-order valence-corrected chi connectivity index (χ2v) is 7.84. The third-order valence-electron chi connectivity index (χ3n) is 5.69. The summed E-state index contributed by atoms with van der Waals surface area (Å²) in [5.74, 6) is 0.848. The number of hydrogen-bond donors (Lipinski definition) is 1. The van der Waals surface area contributed by atoms with E-state index in [1.54, 1.807) is 0 Å². The van der Waals surface area contributed by atoms with E-state index in [2.05, 4.69) is 36.1 Å². The molecule has 2 heterocycles. The van der Waals surface area contributed by atoms with Crippen molar-refractivity contribution in [1.29, 1.82) is 0 Å². The third-order valence-corrected chi connectivity index (χ3v) is 5.69. The van der Waals surface area contributed by atoms with Gasteiger partial charge in [-0.15, -0.1) is 0 Å². The van der Waals surface area contributed by atoms with Crippen molar-refractivity contribution < 1.29 is 9.90 Å². The number of rotatable bonds is 3. The van der Waals surface area contributed by atoms with E-state index in [0.29, 0.717) is 38.4 Å². The Kier molecular flexibility index (Phi) is 5.26. The molecule has 2 aliphatic heterocycles. The third kappa shape index (κ3) is 4.37. The summed E-state index contributed by atoms with van der Waals surface area (Å²) >= 11 is 0. The predicted octanol–water partition coefficient (Wildman–Crippen LogP) is 2.55. The molecular weight excluding hydrogens is 300 g/mol. The summed E-state index contributed by atoms with van der Waals surface area (Å²) in [7, 11) is 0. The Bertz CT molecular complexity index is 550. The molecule has 0 saturated carbocycles. The van der Waals surface area contributed by atoms with Crippen molar-refractivity contribution in [3.05, 3.63) is 35.4 Å². The van der Waals surface area contributed by atoms with Crippen molar-refractivity contribution in [2.24, 2.45) is 0 Å². The van der Waals surface area contributed by atoms with Crippen molar-refractivity contribution in [3.63, 3.8) is 0 Å². The SMILES string of the molecule is Cc1ccc(C2CCN(CC(=O)N3CCC(C)(O)CC3)CC2)cc1. The highest BCUT2D eigenvalue weighted by atomic mass is 16.3. The van der Waals surface area contributed by atoms with Gasteiger partial charge in [0.05, 0.1) is 12.1 Å². The number of aliphatic hydroxyl groups is 1. The first-order chi connectivity index (χ1) is 11.4. The van der Waals surface area contributed by atoms with Crippen molar-refractivity contribution in [3.8, 4) is 0 Å².